The molecule has 0 radical (unpaired) electrons. The van der Waals surface area contributed by atoms with Crippen LogP contribution in [-0.2, 0) is 10.2 Å². The summed E-state index contributed by atoms with van der Waals surface area (Å²) in [5, 5.41) is 5.95. The number of rotatable bonds is 4. The van der Waals surface area contributed by atoms with Gasteiger partial charge in [0.1, 0.15) is 5.41 Å². The Bertz CT molecular complexity index is 1210. The number of benzene rings is 4. The Balaban J connectivity index is 1.67. The Morgan fingerprint density at radius 3 is 1.84 bits per heavy atom. The van der Waals surface area contributed by atoms with Gasteiger partial charge in [-0.15, -0.1) is 0 Å². The van der Waals surface area contributed by atoms with Crippen LogP contribution < -0.4 is 10.6 Å². The molecule has 0 saturated heterocycles. The molecule has 1 heterocycles. The lowest BCUT2D eigenvalue weighted by atomic mass is 9.70. The summed E-state index contributed by atoms with van der Waals surface area (Å²) in [6.45, 7) is 0. The van der Waals surface area contributed by atoms with Crippen molar-refractivity contribution in [2.75, 3.05) is 10.6 Å². The largest absolute Gasteiger partial charge is 0.324 e. The molecular weight excluding hydrogens is 384 g/mol. The standard InChI is InChI=1S/C27H20N2O2/c30-25(28-22-14-8-3-9-15-22)19-16-17-24-23(18-19)27(26(31)29-24,20-10-4-1-5-11-20)21-12-6-2-7-13-21/h1-18H,(H,28,30)(H,29,31). The average molecular weight is 404 g/mol. The molecular formula is C27H20N2O2. The molecule has 4 aromatic rings. The van der Waals surface area contributed by atoms with Gasteiger partial charge in [0.15, 0.2) is 0 Å². The molecule has 2 amide bonds. The maximum atomic E-state index is 13.5. The summed E-state index contributed by atoms with van der Waals surface area (Å²) in [6, 6.07) is 34.1. The van der Waals surface area contributed by atoms with Crippen LogP contribution in [0.2, 0.25) is 0 Å². The minimum atomic E-state index is -1.03. The fraction of sp³-hybridized carbons (Fsp3) is 0.0370. The molecule has 0 spiro atoms. The van der Waals surface area contributed by atoms with Gasteiger partial charge in [0.2, 0.25) is 5.91 Å². The van der Waals surface area contributed by atoms with Gasteiger partial charge in [0.05, 0.1) is 0 Å². The van der Waals surface area contributed by atoms with Crippen LogP contribution in [-0.4, -0.2) is 11.8 Å². The topological polar surface area (TPSA) is 58.2 Å². The lowest BCUT2D eigenvalue weighted by Crippen LogP contribution is -2.37. The summed E-state index contributed by atoms with van der Waals surface area (Å²) in [4.78, 5) is 26.5. The quantitative estimate of drug-likeness (QED) is 0.490. The highest BCUT2D eigenvalue weighted by molar-refractivity contribution is 6.13. The van der Waals surface area contributed by atoms with Crippen LogP contribution in [0.25, 0.3) is 0 Å². The third-order valence-corrected chi connectivity index (χ3v) is 5.72. The predicted molar refractivity (Wildman–Crippen MR) is 122 cm³/mol. The first kappa shape index (κ1) is 18.8. The normalized spacial score (nSPS) is 13.9. The van der Waals surface area contributed by atoms with Crippen LogP contribution >= 0.6 is 0 Å². The second-order valence-electron chi connectivity index (χ2n) is 7.52. The number of nitrogens with one attached hydrogen (secondary N) is 2. The van der Waals surface area contributed by atoms with Gasteiger partial charge in [0, 0.05) is 22.5 Å². The summed E-state index contributed by atoms with van der Waals surface area (Å²) in [5.74, 6) is -0.344. The van der Waals surface area contributed by atoms with E-state index in [0.717, 1.165) is 22.4 Å². The summed E-state index contributed by atoms with van der Waals surface area (Å²) < 4.78 is 0. The number of hydrogen-bond donors (Lipinski definition) is 2. The Morgan fingerprint density at radius 2 is 1.26 bits per heavy atom. The number of para-hydroxylation sites is 1. The Labute approximate surface area is 180 Å². The van der Waals surface area contributed by atoms with E-state index in [0.29, 0.717) is 11.3 Å². The van der Waals surface area contributed by atoms with Crippen LogP contribution in [0.4, 0.5) is 11.4 Å². The number of carbonyl (C=O) groups excluding carboxylic acids is 2. The highest BCUT2D eigenvalue weighted by Crippen LogP contribution is 2.47. The van der Waals surface area contributed by atoms with Gasteiger partial charge in [-0.1, -0.05) is 78.9 Å². The van der Waals surface area contributed by atoms with Gasteiger partial charge in [-0.3, -0.25) is 9.59 Å². The first-order valence-corrected chi connectivity index (χ1v) is 10.1. The second kappa shape index (κ2) is 7.58. The fourth-order valence-electron chi connectivity index (χ4n) is 4.28. The van der Waals surface area contributed by atoms with E-state index in [-0.39, 0.29) is 11.8 Å². The van der Waals surface area contributed by atoms with Gasteiger partial charge in [-0.2, -0.15) is 0 Å². The van der Waals surface area contributed by atoms with Gasteiger partial charge in [-0.25, -0.2) is 0 Å². The molecule has 0 bridgehead atoms. The first-order valence-electron chi connectivity index (χ1n) is 10.1. The molecule has 0 fully saturated rings. The predicted octanol–water partition coefficient (Wildman–Crippen LogP) is 5.23. The van der Waals surface area contributed by atoms with E-state index in [4.69, 9.17) is 0 Å². The van der Waals surface area contributed by atoms with Crippen LogP contribution in [0.1, 0.15) is 27.0 Å². The molecule has 150 valence electrons. The first-order chi connectivity index (χ1) is 15.2. The molecule has 0 unspecified atom stereocenters. The van der Waals surface area contributed by atoms with Crippen molar-refractivity contribution in [3.8, 4) is 0 Å². The van der Waals surface area contributed by atoms with Crippen molar-refractivity contribution in [2.45, 2.75) is 5.41 Å². The molecule has 4 nitrogen and oxygen atoms in total. The molecule has 2 N–H and O–H groups in total. The van der Waals surface area contributed by atoms with Crippen molar-refractivity contribution in [1.82, 2.24) is 0 Å². The third-order valence-electron chi connectivity index (χ3n) is 5.72. The van der Waals surface area contributed by atoms with E-state index >= 15 is 0 Å². The zero-order valence-corrected chi connectivity index (χ0v) is 16.7. The van der Waals surface area contributed by atoms with E-state index in [1.165, 1.54) is 0 Å². The highest BCUT2D eigenvalue weighted by atomic mass is 16.2. The van der Waals surface area contributed by atoms with Crippen LogP contribution in [0, 0.1) is 0 Å². The molecule has 4 aromatic carbocycles. The SMILES string of the molecule is O=C(Nc1ccccc1)c1ccc2c(c1)C(c1ccccc1)(c1ccccc1)C(=O)N2. The van der Waals surface area contributed by atoms with Gasteiger partial charge < -0.3 is 10.6 Å². The summed E-state index contributed by atoms with van der Waals surface area (Å²) >= 11 is 0. The molecule has 31 heavy (non-hydrogen) atoms. The van der Waals surface area contributed by atoms with Crippen molar-refractivity contribution in [1.29, 1.82) is 0 Å². The maximum Gasteiger partial charge on any atom is 0.255 e. The van der Waals surface area contributed by atoms with Crippen LogP contribution in [0.15, 0.2) is 109 Å². The van der Waals surface area contributed by atoms with Crippen LogP contribution in [0.5, 0.6) is 0 Å². The van der Waals surface area contributed by atoms with Gasteiger partial charge in [0.25, 0.3) is 5.91 Å². The number of anilines is 2. The highest BCUT2D eigenvalue weighted by Gasteiger charge is 2.49. The number of hydrogen-bond acceptors (Lipinski definition) is 2. The average Bonchev–Trinajstić information content (AvgIpc) is 3.12. The van der Waals surface area contributed by atoms with Gasteiger partial charge >= 0.3 is 0 Å². The van der Waals surface area contributed by atoms with E-state index in [9.17, 15) is 9.59 Å². The third kappa shape index (κ3) is 3.09. The Kier molecular flexibility index (Phi) is 4.60. The van der Waals surface area contributed by atoms with Crippen molar-refractivity contribution < 1.29 is 9.59 Å². The Hall–Kier alpha value is -4.18. The van der Waals surface area contributed by atoms with Crippen molar-refractivity contribution in [3.05, 3.63) is 131 Å². The van der Waals surface area contributed by atoms with Crippen molar-refractivity contribution in [2.24, 2.45) is 0 Å². The second-order valence-corrected chi connectivity index (χ2v) is 7.52. The molecule has 0 saturated carbocycles. The molecule has 0 aliphatic carbocycles. The molecule has 4 heteroatoms. The fourth-order valence-corrected chi connectivity index (χ4v) is 4.28. The zero-order valence-electron chi connectivity index (χ0n) is 16.7. The minimum absolute atomic E-state index is 0.125. The number of fused-ring (bicyclic) bond motifs is 1. The smallest absolute Gasteiger partial charge is 0.255 e. The van der Waals surface area contributed by atoms with Crippen molar-refractivity contribution in [3.63, 3.8) is 0 Å². The zero-order chi connectivity index (χ0) is 21.3. The lowest BCUT2D eigenvalue weighted by molar-refractivity contribution is -0.118. The monoisotopic (exact) mass is 404 g/mol. The molecule has 0 aromatic heterocycles. The van der Waals surface area contributed by atoms with Crippen LogP contribution in [0.3, 0.4) is 0 Å². The minimum Gasteiger partial charge on any atom is -0.324 e. The summed E-state index contributed by atoms with van der Waals surface area (Å²) in [7, 11) is 0. The number of carbonyl (C=O) groups is 2. The van der Waals surface area contributed by atoms with Crippen molar-refractivity contribution >= 4 is 23.2 Å². The summed E-state index contributed by atoms with van der Waals surface area (Å²) in [5.41, 5.74) is 3.40. The van der Waals surface area contributed by atoms with E-state index in [1.54, 1.807) is 12.1 Å². The van der Waals surface area contributed by atoms with E-state index in [2.05, 4.69) is 10.6 Å². The molecule has 1 aliphatic rings. The summed E-state index contributed by atoms with van der Waals surface area (Å²) in [6.07, 6.45) is 0. The van der Waals surface area contributed by atoms with E-state index in [1.807, 2.05) is 97.1 Å². The van der Waals surface area contributed by atoms with Gasteiger partial charge in [-0.05, 0) is 41.5 Å². The maximum absolute atomic E-state index is 13.5. The molecule has 1 aliphatic heterocycles. The molecule has 5 rings (SSSR count). The Morgan fingerprint density at radius 1 is 0.710 bits per heavy atom. The molecule has 0 atom stereocenters. The number of amides is 2. The lowest BCUT2D eigenvalue weighted by Gasteiger charge is -2.29. The van der Waals surface area contributed by atoms with E-state index < -0.39 is 5.41 Å².